The lowest BCUT2D eigenvalue weighted by Gasteiger charge is -2.11. The fraction of sp³-hybridized carbons (Fsp3) is 0.286. The lowest BCUT2D eigenvalue weighted by atomic mass is 10.2. The van der Waals surface area contributed by atoms with Gasteiger partial charge in [0.1, 0.15) is 5.82 Å². The van der Waals surface area contributed by atoms with Crippen LogP contribution in [0.4, 0.5) is 5.82 Å². The van der Waals surface area contributed by atoms with E-state index < -0.39 is 0 Å². The summed E-state index contributed by atoms with van der Waals surface area (Å²) in [5.41, 5.74) is 1.73. The first kappa shape index (κ1) is 14.6. The summed E-state index contributed by atoms with van der Waals surface area (Å²) in [6.07, 6.45) is 0. The molecule has 1 N–H and O–H groups in total. The molecule has 0 bridgehead atoms. The maximum atomic E-state index is 6.22. The molecular weight excluding hydrogens is 405 g/mol. The minimum atomic E-state index is 0.188. The molecule has 0 spiro atoms. The van der Waals surface area contributed by atoms with E-state index in [-0.39, 0.29) is 6.79 Å². The molecule has 0 radical (unpaired) electrons. The van der Waals surface area contributed by atoms with Crippen molar-refractivity contribution in [2.75, 3.05) is 18.7 Å². The third-order valence-corrected chi connectivity index (χ3v) is 4.62. The summed E-state index contributed by atoms with van der Waals surface area (Å²) in [5, 5.41) is 3.75. The van der Waals surface area contributed by atoms with Gasteiger partial charge in [-0.05, 0) is 48.6 Å². The summed E-state index contributed by atoms with van der Waals surface area (Å²) in [5.74, 6) is 2.65. The molecule has 1 aromatic carbocycles. The molecule has 0 aliphatic carbocycles. The van der Waals surface area contributed by atoms with Crippen LogP contribution in [0.15, 0.2) is 12.1 Å². The van der Waals surface area contributed by atoms with E-state index in [2.05, 4.69) is 37.9 Å². The van der Waals surface area contributed by atoms with Gasteiger partial charge in [-0.1, -0.05) is 11.6 Å². The molecular formula is C14H13ClIN3O2. The van der Waals surface area contributed by atoms with Gasteiger partial charge in [-0.25, -0.2) is 9.97 Å². The Hall–Kier alpha value is -1.28. The number of fused-ring (bicyclic) bond motifs is 1. The summed E-state index contributed by atoms with van der Waals surface area (Å²) in [4.78, 5) is 9.11. The Morgan fingerprint density at radius 3 is 2.90 bits per heavy atom. The fourth-order valence-electron chi connectivity index (χ4n) is 2.07. The highest BCUT2D eigenvalue weighted by Crippen LogP contribution is 2.42. The number of rotatable bonds is 3. The number of hydrogen-bond acceptors (Lipinski definition) is 5. The minimum Gasteiger partial charge on any atom is -0.454 e. The van der Waals surface area contributed by atoms with Crippen molar-refractivity contribution < 1.29 is 9.47 Å². The van der Waals surface area contributed by atoms with Gasteiger partial charge in [-0.15, -0.1) is 0 Å². The average Bonchev–Trinajstić information content (AvgIpc) is 2.92. The number of aromatic nitrogens is 2. The van der Waals surface area contributed by atoms with Gasteiger partial charge in [-0.2, -0.15) is 0 Å². The zero-order valence-corrected chi connectivity index (χ0v) is 14.4. The second-order valence-electron chi connectivity index (χ2n) is 4.52. The van der Waals surface area contributed by atoms with Crippen LogP contribution in [0.3, 0.4) is 0 Å². The predicted molar refractivity (Wildman–Crippen MR) is 90.2 cm³/mol. The topological polar surface area (TPSA) is 56.3 Å². The van der Waals surface area contributed by atoms with Gasteiger partial charge in [0, 0.05) is 12.1 Å². The van der Waals surface area contributed by atoms with Crippen molar-refractivity contribution in [3.63, 3.8) is 0 Å². The Balaban J connectivity index is 2.10. The molecule has 2 heterocycles. The van der Waals surface area contributed by atoms with Crippen LogP contribution in [-0.4, -0.2) is 23.3 Å². The smallest absolute Gasteiger partial charge is 0.231 e. The summed E-state index contributed by atoms with van der Waals surface area (Å²) >= 11 is 8.46. The van der Waals surface area contributed by atoms with Gasteiger partial charge in [0.25, 0.3) is 0 Å². The largest absolute Gasteiger partial charge is 0.454 e. The normalized spacial score (nSPS) is 12.6. The second kappa shape index (κ2) is 5.84. The average molecular weight is 418 g/mol. The molecule has 7 heteroatoms. The van der Waals surface area contributed by atoms with E-state index in [0.29, 0.717) is 22.3 Å². The Labute approximate surface area is 141 Å². The van der Waals surface area contributed by atoms with E-state index in [1.165, 1.54) is 0 Å². The SMILES string of the molecule is CCNc1nc(-c2cc(Cl)c3c(c2)OCO3)nc(C)c1I. The summed E-state index contributed by atoms with van der Waals surface area (Å²) in [6.45, 7) is 4.98. The molecule has 2 aromatic rings. The van der Waals surface area contributed by atoms with Crippen molar-refractivity contribution in [3.8, 4) is 22.9 Å². The van der Waals surface area contributed by atoms with Crippen LogP contribution in [0.25, 0.3) is 11.4 Å². The molecule has 1 aliphatic heterocycles. The Bertz CT molecular complexity index is 709. The summed E-state index contributed by atoms with van der Waals surface area (Å²) < 4.78 is 11.7. The van der Waals surface area contributed by atoms with Crippen LogP contribution in [-0.2, 0) is 0 Å². The van der Waals surface area contributed by atoms with E-state index in [1.807, 2.05) is 19.9 Å². The molecule has 0 saturated carbocycles. The van der Waals surface area contributed by atoms with Gasteiger partial charge in [-0.3, -0.25) is 0 Å². The number of anilines is 1. The van der Waals surface area contributed by atoms with Gasteiger partial charge < -0.3 is 14.8 Å². The lowest BCUT2D eigenvalue weighted by molar-refractivity contribution is 0.174. The molecule has 0 amide bonds. The highest BCUT2D eigenvalue weighted by atomic mass is 127. The molecule has 3 rings (SSSR count). The Morgan fingerprint density at radius 1 is 1.33 bits per heavy atom. The number of ether oxygens (including phenoxy) is 2. The molecule has 0 unspecified atom stereocenters. The van der Waals surface area contributed by atoms with Crippen molar-refractivity contribution >= 4 is 40.0 Å². The first-order chi connectivity index (χ1) is 10.1. The zero-order chi connectivity index (χ0) is 15.0. The van der Waals surface area contributed by atoms with Gasteiger partial charge in [0.05, 0.1) is 14.3 Å². The van der Waals surface area contributed by atoms with E-state index >= 15 is 0 Å². The van der Waals surface area contributed by atoms with Crippen LogP contribution in [0.5, 0.6) is 11.5 Å². The molecule has 0 saturated heterocycles. The van der Waals surface area contributed by atoms with Crippen LogP contribution < -0.4 is 14.8 Å². The number of hydrogen-bond donors (Lipinski definition) is 1. The van der Waals surface area contributed by atoms with E-state index in [0.717, 1.165) is 27.2 Å². The molecule has 110 valence electrons. The lowest BCUT2D eigenvalue weighted by Crippen LogP contribution is -2.06. The number of benzene rings is 1. The third kappa shape index (κ3) is 2.74. The van der Waals surface area contributed by atoms with E-state index in [1.54, 1.807) is 6.07 Å². The first-order valence-electron chi connectivity index (χ1n) is 6.47. The first-order valence-corrected chi connectivity index (χ1v) is 7.93. The van der Waals surface area contributed by atoms with Gasteiger partial charge >= 0.3 is 0 Å². The number of nitrogens with zero attached hydrogens (tertiary/aromatic N) is 2. The van der Waals surface area contributed by atoms with E-state index in [9.17, 15) is 0 Å². The standard InChI is InChI=1S/C14H13ClIN3O2/c1-3-17-14-11(16)7(2)18-13(19-14)8-4-9(15)12-10(5-8)20-6-21-12/h4-5H,3,6H2,1-2H3,(H,17,18,19). The van der Waals surface area contributed by atoms with Crippen LogP contribution in [0, 0.1) is 10.5 Å². The predicted octanol–water partition coefficient (Wildman–Crippen LogP) is 3.87. The highest BCUT2D eigenvalue weighted by molar-refractivity contribution is 14.1. The molecule has 5 nitrogen and oxygen atoms in total. The summed E-state index contributed by atoms with van der Waals surface area (Å²) in [6, 6.07) is 3.65. The number of halogens is 2. The van der Waals surface area contributed by atoms with Crippen LogP contribution in [0.2, 0.25) is 5.02 Å². The maximum absolute atomic E-state index is 6.22. The summed E-state index contributed by atoms with van der Waals surface area (Å²) in [7, 11) is 0. The molecule has 1 aromatic heterocycles. The number of nitrogens with one attached hydrogen (secondary N) is 1. The monoisotopic (exact) mass is 417 g/mol. The Morgan fingerprint density at radius 2 is 2.14 bits per heavy atom. The van der Waals surface area contributed by atoms with Crippen molar-refractivity contribution in [2.24, 2.45) is 0 Å². The highest BCUT2D eigenvalue weighted by Gasteiger charge is 2.20. The molecule has 0 atom stereocenters. The minimum absolute atomic E-state index is 0.188. The van der Waals surface area contributed by atoms with Crippen LogP contribution >= 0.6 is 34.2 Å². The molecule has 21 heavy (non-hydrogen) atoms. The molecule has 0 fully saturated rings. The Kier molecular flexibility index (Phi) is 4.08. The van der Waals surface area contributed by atoms with E-state index in [4.69, 9.17) is 21.1 Å². The van der Waals surface area contributed by atoms with Crippen molar-refractivity contribution in [3.05, 3.63) is 26.4 Å². The number of aryl methyl sites for hydroxylation is 1. The fourth-order valence-corrected chi connectivity index (χ4v) is 2.77. The maximum Gasteiger partial charge on any atom is 0.231 e. The van der Waals surface area contributed by atoms with Crippen molar-refractivity contribution in [1.82, 2.24) is 9.97 Å². The third-order valence-electron chi connectivity index (χ3n) is 3.05. The van der Waals surface area contributed by atoms with Crippen molar-refractivity contribution in [2.45, 2.75) is 13.8 Å². The quantitative estimate of drug-likeness (QED) is 0.769. The zero-order valence-electron chi connectivity index (χ0n) is 11.5. The van der Waals surface area contributed by atoms with Gasteiger partial charge in [0.15, 0.2) is 17.3 Å². The van der Waals surface area contributed by atoms with Crippen molar-refractivity contribution in [1.29, 1.82) is 0 Å². The molecule has 1 aliphatic rings. The van der Waals surface area contributed by atoms with Crippen LogP contribution in [0.1, 0.15) is 12.6 Å². The van der Waals surface area contributed by atoms with Gasteiger partial charge in [0.2, 0.25) is 6.79 Å². The second-order valence-corrected chi connectivity index (χ2v) is 6.00.